The number of rotatable bonds is 7. The molecular weight excluding hydrogens is 378 g/mol. The minimum atomic E-state index is -0.744. The van der Waals surface area contributed by atoms with Crippen LogP contribution in [-0.4, -0.2) is 68.3 Å². The number of piperidine rings is 1. The van der Waals surface area contributed by atoms with Gasteiger partial charge in [0.1, 0.15) is 5.03 Å². The summed E-state index contributed by atoms with van der Waals surface area (Å²) < 4.78 is 1.94. The average molecular weight is 404 g/mol. The first-order valence-electron chi connectivity index (χ1n) is 9.30. The van der Waals surface area contributed by atoms with Gasteiger partial charge in [0.15, 0.2) is 0 Å². The molecule has 3 heterocycles. The number of hydrogen-bond acceptors (Lipinski definition) is 6. The molecule has 2 N–H and O–H groups in total. The third kappa shape index (κ3) is 4.90. The quantitative estimate of drug-likeness (QED) is 0.529. The van der Waals surface area contributed by atoms with E-state index in [2.05, 4.69) is 15.3 Å². The molecule has 0 aliphatic carbocycles. The van der Waals surface area contributed by atoms with Crippen molar-refractivity contribution in [1.29, 1.82) is 0 Å². The molecule has 1 fully saturated rings. The number of carbonyl (C=O) groups is 2. The summed E-state index contributed by atoms with van der Waals surface area (Å²) in [6.07, 6.45) is 9.25. The minimum Gasteiger partial charge on any atom is -0.392 e. The van der Waals surface area contributed by atoms with Gasteiger partial charge in [0.25, 0.3) is 5.91 Å². The van der Waals surface area contributed by atoms with Gasteiger partial charge in [-0.05, 0) is 31.2 Å². The van der Waals surface area contributed by atoms with E-state index in [1.54, 1.807) is 35.8 Å². The highest BCUT2D eigenvalue weighted by Crippen LogP contribution is 2.23. The van der Waals surface area contributed by atoms with Gasteiger partial charge in [0, 0.05) is 44.8 Å². The van der Waals surface area contributed by atoms with E-state index in [4.69, 9.17) is 0 Å². The van der Waals surface area contributed by atoms with Crippen LogP contribution in [-0.2, 0) is 11.3 Å². The fraction of sp³-hybridized carbons (Fsp3) is 0.474. The first-order chi connectivity index (χ1) is 13.6. The average Bonchev–Trinajstić information content (AvgIpc) is 3.24. The molecular formula is C19H25N5O3S. The van der Waals surface area contributed by atoms with Crippen molar-refractivity contribution in [3.05, 3.63) is 42.6 Å². The zero-order valence-electron chi connectivity index (χ0n) is 15.8. The maximum Gasteiger partial charge on any atom is 0.256 e. The molecule has 1 aliphatic heterocycles. The lowest BCUT2D eigenvalue weighted by Crippen LogP contribution is -2.51. The molecule has 0 aromatic carbocycles. The van der Waals surface area contributed by atoms with E-state index in [0.717, 1.165) is 13.0 Å². The number of aromatic nitrogens is 3. The third-order valence-corrected chi connectivity index (χ3v) is 5.56. The summed E-state index contributed by atoms with van der Waals surface area (Å²) in [5.74, 6) is -0.991. The lowest BCUT2D eigenvalue weighted by Gasteiger charge is -2.35. The molecule has 2 atom stereocenters. The van der Waals surface area contributed by atoms with Crippen molar-refractivity contribution in [3.63, 3.8) is 0 Å². The Balaban J connectivity index is 1.55. The Morgan fingerprint density at radius 3 is 3.00 bits per heavy atom. The van der Waals surface area contributed by atoms with E-state index >= 15 is 0 Å². The molecule has 1 saturated heterocycles. The molecule has 1 aliphatic rings. The Kier molecular flexibility index (Phi) is 7.05. The van der Waals surface area contributed by atoms with Gasteiger partial charge in [-0.25, -0.2) is 9.97 Å². The van der Waals surface area contributed by atoms with E-state index in [0.29, 0.717) is 30.1 Å². The molecule has 28 heavy (non-hydrogen) atoms. The highest BCUT2D eigenvalue weighted by molar-refractivity contribution is 7.98. The number of thioether (sulfide) groups is 1. The molecule has 2 aromatic heterocycles. The Morgan fingerprint density at radius 2 is 2.25 bits per heavy atom. The number of aryl methyl sites for hydroxylation is 1. The van der Waals surface area contributed by atoms with E-state index < -0.39 is 12.0 Å². The Labute approximate surface area is 168 Å². The number of carbonyl (C=O) groups excluding carboxylic acids is 2. The van der Waals surface area contributed by atoms with E-state index in [1.807, 2.05) is 17.0 Å². The van der Waals surface area contributed by atoms with Gasteiger partial charge in [0.05, 0.1) is 23.9 Å². The lowest BCUT2D eigenvalue weighted by molar-refractivity contribution is -0.130. The highest BCUT2D eigenvalue weighted by Gasteiger charge is 2.35. The number of aliphatic hydroxyl groups is 1. The number of likely N-dealkylation sites (tertiary alicyclic amines) is 1. The zero-order chi connectivity index (χ0) is 19.9. The maximum atomic E-state index is 12.9. The van der Waals surface area contributed by atoms with Gasteiger partial charge in [-0.3, -0.25) is 9.59 Å². The van der Waals surface area contributed by atoms with E-state index in [1.165, 1.54) is 11.8 Å². The number of nitrogens with zero attached hydrogens (tertiary/aromatic N) is 4. The summed E-state index contributed by atoms with van der Waals surface area (Å²) in [5, 5.41) is 13.8. The predicted molar refractivity (Wildman–Crippen MR) is 106 cm³/mol. The van der Waals surface area contributed by atoms with Crippen LogP contribution in [0.1, 0.15) is 23.2 Å². The largest absolute Gasteiger partial charge is 0.392 e. The Hall–Kier alpha value is -2.39. The smallest absolute Gasteiger partial charge is 0.256 e. The van der Waals surface area contributed by atoms with Crippen molar-refractivity contribution in [2.75, 3.05) is 25.9 Å². The van der Waals surface area contributed by atoms with E-state index in [9.17, 15) is 14.7 Å². The van der Waals surface area contributed by atoms with Crippen LogP contribution in [0.5, 0.6) is 0 Å². The number of amides is 2. The van der Waals surface area contributed by atoms with Crippen LogP contribution in [0.3, 0.4) is 0 Å². The van der Waals surface area contributed by atoms with Gasteiger partial charge in [0.2, 0.25) is 5.91 Å². The minimum absolute atomic E-state index is 0.151. The molecule has 3 rings (SSSR count). The van der Waals surface area contributed by atoms with Crippen molar-refractivity contribution < 1.29 is 14.7 Å². The summed E-state index contributed by atoms with van der Waals surface area (Å²) in [7, 11) is 0. The lowest BCUT2D eigenvalue weighted by atomic mass is 9.93. The first kappa shape index (κ1) is 20.3. The molecule has 0 bridgehead atoms. The molecule has 2 aromatic rings. The first-order valence-corrected chi connectivity index (χ1v) is 10.5. The SMILES string of the molecule is CSc1ncccc1C(=O)N1CC[C@@H](O)[C@@H](C(=O)NCCCn2ccnc2)C1. The van der Waals surface area contributed by atoms with Crippen LogP contribution in [0.15, 0.2) is 42.1 Å². The molecule has 0 radical (unpaired) electrons. The summed E-state index contributed by atoms with van der Waals surface area (Å²) in [5.41, 5.74) is 0.533. The molecule has 8 nitrogen and oxygen atoms in total. The van der Waals surface area contributed by atoms with Crippen LogP contribution < -0.4 is 5.32 Å². The van der Waals surface area contributed by atoms with Gasteiger partial charge in [-0.15, -0.1) is 11.8 Å². The number of aliphatic hydroxyl groups excluding tert-OH is 1. The van der Waals surface area contributed by atoms with Gasteiger partial charge in [-0.2, -0.15) is 0 Å². The van der Waals surface area contributed by atoms with Crippen LogP contribution in [0, 0.1) is 5.92 Å². The Bertz CT molecular complexity index is 799. The van der Waals surface area contributed by atoms with Crippen molar-refractivity contribution in [2.24, 2.45) is 5.92 Å². The monoisotopic (exact) mass is 403 g/mol. The van der Waals surface area contributed by atoms with Crippen molar-refractivity contribution >= 4 is 23.6 Å². The summed E-state index contributed by atoms with van der Waals surface area (Å²) in [6, 6.07) is 3.48. The van der Waals surface area contributed by atoms with Crippen LogP contribution >= 0.6 is 11.8 Å². The van der Waals surface area contributed by atoms with Gasteiger partial charge in [-0.1, -0.05) is 0 Å². The predicted octanol–water partition coefficient (Wildman–Crippen LogP) is 1.03. The molecule has 0 unspecified atom stereocenters. The summed E-state index contributed by atoms with van der Waals surface area (Å²) in [4.78, 5) is 35.3. The number of pyridine rings is 1. The topological polar surface area (TPSA) is 100 Å². The number of hydrogen-bond donors (Lipinski definition) is 2. The molecule has 2 amide bonds. The number of nitrogens with one attached hydrogen (secondary N) is 1. The second-order valence-corrected chi connectivity index (χ2v) is 7.51. The van der Waals surface area contributed by atoms with Gasteiger partial charge >= 0.3 is 0 Å². The normalized spacial score (nSPS) is 19.4. The molecule has 0 spiro atoms. The molecule has 9 heteroatoms. The maximum absolute atomic E-state index is 12.9. The Morgan fingerprint density at radius 1 is 1.39 bits per heavy atom. The second-order valence-electron chi connectivity index (χ2n) is 6.72. The molecule has 0 saturated carbocycles. The van der Waals surface area contributed by atoms with Crippen molar-refractivity contribution in [3.8, 4) is 0 Å². The number of imidazole rings is 1. The van der Waals surface area contributed by atoms with Crippen LogP contribution in [0.2, 0.25) is 0 Å². The fourth-order valence-corrected chi connectivity index (χ4v) is 3.83. The van der Waals surface area contributed by atoms with Crippen molar-refractivity contribution in [1.82, 2.24) is 24.8 Å². The van der Waals surface area contributed by atoms with Gasteiger partial charge < -0.3 is 19.9 Å². The standard InChI is InChI=1S/C19H25N5O3S/c1-28-18-14(4-2-6-22-18)19(27)24-10-5-16(25)15(12-24)17(26)21-7-3-9-23-11-8-20-13-23/h2,4,6,8,11,13,15-16,25H,3,5,7,9-10,12H2,1H3,(H,21,26)/t15-,16+/m0/s1. The van der Waals surface area contributed by atoms with E-state index in [-0.39, 0.29) is 18.4 Å². The highest BCUT2D eigenvalue weighted by atomic mass is 32.2. The van der Waals surface area contributed by atoms with Crippen LogP contribution in [0.25, 0.3) is 0 Å². The molecule has 150 valence electrons. The summed E-state index contributed by atoms with van der Waals surface area (Å²) in [6.45, 7) is 1.90. The zero-order valence-corrected chi connectivity index (χ0v) is 16.6. The summed E-state index contributed by atoms with van der Waals surface area (Å²) >= 11 is 1.41. The fourth-order valence-electron chi connectivity index (χ4n) is 3.29. The third-order valence-electron chi connectivity index (χ3n) is 4.85. The second kappa shape index (κ2) is 9.70. The van der Waals surface area contributed by atoms with Crippen LogP contribution in [0.4, 0.5) is 0 Å². The van der Waals surface area contributed by atoms with Crippen molar-refractivity contribution in [2.45, 2.75) is 30.5 Å².